The summed E-state index contributed by atoms with van der Waals surface area (Å²) in [6.45, 7) is 17.2. The largest absolute Gasteiger partial charge is 0.440 e. The van der Waals surface area contributed by atoms with Gasteiger partial charge in [0.2, 0.25) is 11.8 Å². The van der Waals surface area contributed by atoms with E-state index < -0.39 is 11.6 Å². The topological polar surface area (TPSA) is 131 Å². The number of benzene rings is 4. The van der Waals surface area contributed by atoms with Crippen molar-refractivity contribution in [3.8, 4) is 29.2 Å². The number of carbonyl (C=O) groups is 1. The molecule has 0 saturated heterocycles. The van der Waals surface area contributed by atoms with Crippen molar-refractivity contribution < 1.29 is 23.4 Å². The van der Waals surface area contributed by atoms with E-state index in [0.29, 0.717) is 51.0 Å². The molecule has 0 unspecified atom stereocenters. The van der Waals surface area contributed by atoms with E-state index in [9.17, 15) is 14.9 Å². The van der Waals surface area contributed by atoms with Gasteiger partial charge in [0, 0.05) is 29.2 Å². The van der Waals surface area contributed by atoms with Crippen LogP contribution in [0.15, 0.2) is 123 Å². The Morgan fingerprint density at radius 3 is 2.17 bits per heavy atom. The van der Waals surface area contributed by atoms with E-state index in [4.69, 9.17) is 30.2 Å². The number of aryl methyl sites for hydroxylation is 3. The Morgan fingerprint density at radius 1 is 0.833 bits per heavy atom. The van der Waals surface area contributed by atoms with Gasteiger partial charge in [0.15, 0.2) is 5.69 Å². The number of ether oxygens (including phenoxy) is 3. The van der Waals surface area contributed by atoms with Crippen molar-refractivity contribution in [2.75, 3.05) is 0 Å². The van der Waals surface area contributed by atoms with Gasteiger partial charge in [-0.3, -0.25) is 0 Å². The van der Waals surface area contributed by atoms with Crippen molar-refractivity contribution >= 4 is 34.1 Å². The lowest BCUT2D eigenvalue weighted by Gasteiger charge is -2.18. The lowest BCUT2D eigenvalue weighted by atomic mass is 9.88. The van der Waals surface area contributed by atoms with Crippen molar-refractivity contribution in [2.45, 2.75) is 34.6 Å². The number of nitrogens with one attached hydrogen (secondary N) is 1. The van der Waals surface area contributed by atoms with Crippen molar-refractivity contribution in [1.29, 1.82) is 5.26 Å². The van der Waals surface area contributed by atoms with E-state index in [0.717, 1.165) is 33.4 Å². The average Bonchev–Trinajstić information content (AvgIpc) is 3.67. The summed E-state index contributed by atoms with van der Waals surface area (Å²) in [5, 5.41) is 9.90. The fraction of sp³-hybridized carbons (Fsp3) is 0.114. The summed E-state index contributed by atoms with van der Waals surface area (Å²) < 4.78 is 23.7. The molecule has 1 aliphatic rings. The molecule has 0 spiro atoms. The highest BCUT2D eigenvalue weighted by atomic mass is 16.5. The van der Waals surface area contributed by atoms with Crippen LogP contribution in [0, 0.1) is 45.6 Å². The van der Waals surface area contributed by atoms with E-state index in [1.165, 1.54) is 12.1 Å². The van der Waals surface area contributed by atoms with Crippen molar-refractivity contribution in [2.24, 2.45) is 4.99 Å². The molecule has 0 saturated carbocycles. The van der Waals surface area contributed by atoms with Gasteiger partial charge >= 0.3 is 11.6 Å². The summed E-state index contributed by atoms with van der Waals surface area (Å²) in [6, 6.07) is 27.4. The highest BCUT2D eigenvalue weighted by molar-refractivity contribution is 6.02. The molecule has 4 aromatic carbocycles. The van der Waals surface area contributed by atoms with Crippen LogP contribution in [0.25, 0.3) is 21.4 Å². The maximum Gasteiger partial charge on any atom is 0.349 e. The molecule has 0 atom stereocenters. The zero-order valence-electron chi connectivity index (χ0n) is 30.0. The zero-order chi connectivity index (χ0) is 38.1. The highest BCUT2D eigenvalue weighted by Gasteiger charge is 2.30. The Labute approximate surface area is 310 Å². The van der Waals surface area contributed by atoms with Crippen LogP contribution < -0.4 is 19.8 Å². The molecule has 10 nitrogen and oxygen atoms in total. The van der Waals surface area contributed by atoms with Gasteiger partial charge in [0.25, 0.3) is 0 Å². The third-order valence-electron chi connectivity index (χ3n) is 8.97. The quantitative estimate of drug-likeness (QED) is 0.0754. The summed E-state index contributed by atoms with van der Waals surface area (Å²) in [4.78, 5) is 38.0. The van der Waals surface area contributed by atoms with E-state index in [1.807, 2.05) is 40.7 Å². The van der Waals surface area contributed by atoms with E-state index >= 15 is 0 Å². The molecule has 2 aromatic heterocycles. The first-order valence-electron chi connectivity index (χ1n) is 16.9. The molecule has 264 valence electrons. The SMILES string of the molecule is [C-]#[N+]c1ccc(Oc2[nH]c(/C(=C3\N=C(Oc4ccc(C#N)cc4)C=C3C)c3c(C)cc(C)cc3C)c(C)c2C(=O)Oc2ccc3ccc(=O)oc3c2)cc1. The summed E-state index contributed by atoms with van der Waals surface area (Å²) in [6.07, 6.45) is 1.84. The second kappa shape index (κ2) is 14.3. The average molecular weight is 713 g/mol. The van der Waals surface area contributed by atoms with Gasteiger partial charge < -0.3 is 23.6 Å². The predicted octanol–water partition coefficient (Wildman–Crippen LogP) is 9.99. The number of fused-ring (bicyclic) bond motifs is 1. The number of aromatic nitrogens is 1. The van der Waals surface area contributed by atoms with Crippen LogP contribution in [0.3, 0.4) is 0 Å². The van der Waals surface area contributed by atoms with Crippen molar-refractivity contribution in [3.63, 3.8) is 0 Å². The Bertz CT molecular complexity index is 2710. The van der Waals surface area contributed by atoms with Crippen LogP contribution >= 0.6 is 0 Å². The number of nitriles is 1. The smallest absolute Gasteiger partial charge is 0.349 e. The minimum Gasteiger partial charge on any atom is -0.440 e. The van der Waals surface area contributed by atoms with Crippen LogP contribution in [-0.4, -0.2) is 16.9 Å². The molecule has 3 heterocycles. The number of hydrogen-bond donors (Lipinski definition) is 1. The molecule has 0 aliphatic carbocycles. The minimum atomic E-state index is -0.714. The number of esters is 1. The third-order valence-corrected chi connectivity index (χ3v) is 8.97. The van der Waals surface area contributed by atoms with Crippen LogP contribution in [0.2, 0.25) is 0 Å². The minimum absolute atomic E-state index is 0.119. The van der Waals surface area contributed by atoms with Crippen molar-refractivity contribution in [3.05, 3.63) is 175 Å². The van der Waals surface area contributed by atoms with Crippen molar-refractivity contribution in [1.82, 2.24) is 4.98 Å². The molecule has 0 radical (unpaired) electrons. The van der Waals surface area contributed by atoms with E-state index in [2.05, 4.69) is 28.0 Å². The van der Waals surface area contributed by atoms with Crippen LogP contribution in [0.4, 0.5) is 5.69 Å². The molecule has 6 aromatic rings. The molecular formula is C44H32N4O6. The number of aromatic amines is 1. The van der Waals surface area contributed by atoms with Gasteiger partial charge in [-0.05, 0) is 117 Å². The Morgan fingerprint density at radius 2 is 1.48 bits per heavy atom. The molecule has 0 amide bonds. The fourth-order valence-corrected chi connectivity index (χ4v) is 6.55. The number of nitrogens with zero attached hydrogens (tertiary/aromatic N) is 3. The first-order valence-corrected chi connectivity index (χ1v) is 16.9. The third kappa shape index (κ3) is 6.92. The number of allylic oxidation sites excluding steroid dienone is 1. The summed E-state index contributed by atoms with van der Waals surface area (Å²) >= 11 is 0. The normalized spacial score (nSPS) is 13.1. The fourth-order valence-electron chi connectivity index (χ4n) is 6.55. The van der Waals surface area contributed by atoms with E-state index in [1.54, 1.807) is 66.7 Å². The molecule has 54 heavy (non-hydrogen) atoms. The second-order valence-electron chi connectivity index (χ2n) is 12.9. The maximum atomic E-state index is 14.2. The van der Waals surface area contributed by atoms with Crippen LogP contribution in [-0.2, 0) is 0 Å². The summed E-state index contributed by atoms with van der Waals surface area (Å²) in [5.74, 6) is 0.847. The molecule has 7 rings (SSSR count). The summed E-state index contributed by atoms with van der Waals surface area (Å²) in [7, 11) is 0. The first-order chi connectivity index (χ1) is 26.0. The highest BCUT2D eigenvalue weighted by Crippen LogP contribution is 2.42. The van der Waals surface area contributed by atoms with Crippen LogP contribution in [0.1, 0.15) is 56.4 Å². The van der Waals surface area contributed by atoms with Gasteiger partial charge in [-0.1, -0.05) is 29.8 Å². The van der Waals surface area contributed by atoms with Gasteiger partial charge in [-0.25, -0.2) is 19.4 Å². The molecule has 10 heteroatoms. The Balaban J connectivity index is 1.40. The molecule has 1 aliphatic heterocycles. The predicted molar refractivity (Wildman–Crippen MR) is 205 cm³/mol. The standard InChI is InChI=1S/C44H32N4O6/c1-24-19-25(2)38(26(3)20-24)40(41-27(4)21-36(47-41)51-32-13-7-29(23-45)8-14-32)42-28(5)39(43(48-42)52-33-16-11-31(46-6)12-17-33)44(50)53-34-15-9-30-10-18-37(49)54-35(30)22-34/h7-22,48H,1-5H3/b41-40-. The number of rotatable bonds is 7. The number of H-pyrrole nitrogens is 1. The number of carbonyl (C=O) groups excluding carboxylic acids is 1. The van der Waals surface area contributed by atoms with Crippen LogP contribution in [0.5, 0.6) is 23.1 Å². The lowest BCUT2D eigenvalue weighted by molar-refractivity contribution is 0.0731. The molecule has 0 fully saturated rings. The molecule has 0 bridgehead atoms. The molecule has 1 N–H and O–H groups in total. The van der Waals surface area contributed by atoms with Gasteiger partial charge in [0.05, 0.1) is 29.6 Å². The van der Waals surface area contributed by atoms with Gasteiger partial charge in [0.1, 0.15) is 28.4 Å². The maximum absolute atomic E-state index is 14.2. The summed E-state index contributed by atoms with van der Waals surface area (Å²) in [5.41, 5.74) is 8.08. The second-order valence-corrected chi connectivity index (χ2v) is 12.9. The Hall–Kier alpha value is -7.43. The molecular weight excluding hydrogens is 681 g/mol. The number of hydrogen-bond acceptors (Lipinski definition) is 8. The first kappa shape index (κ1) is 35.0. The number of aliphatic imine (C=N–C) groups is 1. The van der Waals surface area contributed by atoms with E-state index in [-0.39, 0.29) is 22.8 Å². The Kier molecular flexibility index (Phi) is 9.27. The van der Waals surface area contributed by atoms with Gasteiger partial charge in [-0.2, -0.15) is 5.26 Å². The monoisotopic (exact) mass is 712 g/mol. The zero-order valence-corrected chi connectivity index (χ0v) is 30.0. The van der Waals surface area contributed by atoms with Gasteiger partial charge in [-0.15, -0.1) is 0 Å². The lowest BCUT2D eigenvalue weighted by Crippen LogP contribution is -2.11.